The van der Waals surface area contributed by atoms with E-state index in [-0.39, 0.29) is 17.9 Å². The number of aromatic nitrogens is 2. The first-order valence-corrected chi connectivity index (χ1v) is 14.4. The predicted molar refractivity (Wildman–Crippen MR) is 162 cm³/mol. The van der Waals surface area contributed by atoms with E-state index in [9.17, 15) is 14.4 Å². The third-order valence-corrected chi connectivity index (χ3v) is 7.77. The molecule has 2 aromatic heterocycles. The van der Waals surface area contributed by atoms with Gasteiger partial charge in [0.05, 0.1) is 23.2 Å². The lowest BCUT2D eigenvalue weighted by molar-refractivity contribution is -0.122. The van der Waals surface area contributed by atoms with Crippen molar-refractivity contribution in [2.75, 3.05) is 6.54 Å². The van der Waals surface area contributed by atoms with Crippen LogP contribution in [0.5, 0.6) is 0 Å². The molecule has 0 radical (unpaired) electrons. The van der Waals surface area contributed by atoms with Gasteiger partial charge in [-0.2, -0.15) is 0 Å². The molecule has 4 heterocycles. The number of fused-ring (bicyclic) bond motifs is 1. The molecule has 0 saturated heterocycles. The van der Waals surface area contributed by atoms with Crippen LogP contribution in [0, 0.1) is 5.41 Å². The Morgan fingerprint density at radius 3 is 2.37 bits per heavy atom. The average Bonchev–Trinajstić information content (AvgIpc) is 3.55. The summed E-state index contributed by atoms with van der Waals surface area (Å²) in [6.45, 7) is 12.5. The molecule has 0 N–H and O–H groups in total. The molecule has 0 fully saturated rings. The van der Waals surface area contributed by atoms with Crippen LogP contribution in [0.4, 0.5) is 4.79 Å². The van der Waals surface area contributed by atoms with Crippen molar-refractivity contribution in [2.45, 2.75) is 73.0 Å². The highest BCUT2D eigenvalue weighted by molar-refractivity contribution is 6.36. The monoisotopic (exact) mass is 551 g/mol. The van der Waals surface area contributed by atoms with Crippen LogP contribution < -0.4 is 0 Å². The van der Waals surface area contributed by atoms with Crippen molar-refractivity contribution in [3.63, 3.8) is 0 Å². The second kappa shape index (κ2) is 9.47. The van der Waals surface area contributed by atoms with E-state index in [2.05, 4.69) is 29.0 Å². The van der Waals surface area contributed by atoms with Crippen LogP contribution in [0.2, 0.25) is 0 Å². The number of ether oxygens (including phenoxy) is 1. The molecule has 0 saturated carbocycles. The summed E-state index contributed by atoms with van der Waals surface area (Å²) >= 11 is 0. The van der Waals surface area contributed by atoms with Crippen molar-refractivity contribution in [3.8, 4) is 0 Å². The van der Waals surface area contributed by atoms with Crippen molar-refractivity contribution >= 4 is 50.9 Å². The van der Waals surface area contributed by atoms with Gasteiger partial charge >= 0.3 is 6.09 Å². The Morgan fingerprint density at radius 2 is 1.63 bits per heavy atom. The zero-order valence-electron chi connectivity index (χ0n) is 24.7. The van der Waals surface area contributed by atoms with E-state index in [0.29, 0.717) is 17.6 Å². The van der Waals surface area contributed by atoms with Gasteiger partial charge in [0, 0.05) is 47.3 Å². The molecular formula is C34H37N3O4. The Hall–Kier alpha value is -4.13. The van der Waals surface area contributed by atoms with Crippen molar-refractivity contribution in [3.05, 3.63) is 71.5 Å². The number of carbonyl (C=O) groups is 3. The molecule has 7 heteroatoms. The molecular weight excluding hydrogens is 514 g/mol. The van der Waals surface area contributed by atoms with E-state index in [0.717, 1.165) is 46.8 Å². The normalized spacial score (nSPS) is 15.9. The number of amides is 2. The Bertz CT molecular complexity index is 1770. The van der Waals surface area contributed by atoms with Crippen LogP contribution in [0.1, 0.15) is 75.9 Å². The van der Waals surface area contributed by atoms with E-state index in [1.807, 2.05) is 45.0 Å². The van der Waals surface area contributed by atoms with Gasteiger partial charge < -0.3 is 9.30 Å². The van der Waals surface area contributed by atoms with Crippen LogP contribution >= 0.6 is 0 Å². The van der Waals surface area contributed by atoms with Gasteiger partial charge in [0.1, 0.15) is 5.60 Å². The van der Waals surface area contributed by atoms with Gasteiger partial charge in [-0.15, -0.1) is 0 Å². The Labute approximate surface area is 240 Å². The highest BCUT2D eigenvalue weighted by atomic mass is 16.6. The van der Waals surface area contributed by atoms with Gasteiger partial charge in [0.15, 0.2) is 0 Å². The summed E-state index contributed by atoms with van der Waals surface area (Å²) in [7, 11) is 0. The lowest BCUT2D eigenvalue weighted by atomic mass is 9.92. The molecule has 2 aliphatic heterocycles. The van der Waals surface area contributed by atoms with Gasteiger partial charge in [-0.05, 0) is 56.2 Å². The summed E-state index contributed by atoms with van der Waals surface area (Å²) in [6, 6.07) is 14.0. The molecule has 0 bridgehead atoms. The third-order valence-electron chi connectivity index (χ3n) is 7.77. The highest BCUT2D eigenvalue weighted by Gasteiger charge is 2.40. The van der Waals surface area contributed by atoms with E-state index in [4.69, 9.17) is 4.74 Å². The maximum Gasteiger partial charge on any atom is 0.417 e. The molecule has 2 aromatic carbocycles. The quantitative estimate of drug-likeness (QED) is 0.268. The van der Waals surface area contributed by atoms with Crippen LogP contribution in [0.25, 0.3) is 33.0 Å². The first kappa shape index (κ1) is 27.1. The number of nitrogens with zero attached hydrogens (tertiary/aromatic N) is 3. The number of imide groups is 1. The van der Waals surface area contributed by atoms with Crippen molar-refractivity contribution in [1.29, 1.82) is 0 Å². The van der Waals surface area contributed by atoms with E-state index in [1.54, 1.807) is 31.5 Å². The minimum Gasteiger partial charge on any atom is -0.443 e. The van der Waals surface area contributed by atoms with Gasteiger partial charge in [-0.3, -0.25) is 14.2 Å². The summed E-state index contributed by atoms with van der Waals surface area (Å²) in [4.78, 5) is 42.3. The summed E-state index contributed by atoms with van der Waals surface area (Å²) < 4.78 is 9.60. The second-order valence-corrected chi connectivity index (χ2v) is 13.4. The molecule has 4 aromatic rings. The number of benzene rings is 2. The van der Waals surface area contributed by atoms with Crippen LogP contribution in [0.3, 0.4) is 0 Å². The standard InChI is InChI=1S/C34H37N3O4/c1-33(2,3)17-28(38)36-19-25(22-13-7-8-15-27(22)36)29-26(20-37(31(29)39)32(40)41-34(4,5)6)24-18-35-16-10-12-21-11-9-14-23(24)30(21)35/h7-9,11,13-15,18-19H,10,12,16-17,20H2,1-6H3. The number of hydrogen-bond acceptors (Lipinski definition) is 4. The van der Waals surface area contributed by atoms with Crippen LogP contribution in [-0.4, -0.2) is 44.1 Å². The van der Waals surface area contributed by atoms with E-state index in [1.165, 1.54) is 16.0 Å². The number of rotatable bonds is 3. The maximum atomic E-state index is 14.2. The van der Waals surface area contributed by atoms with Gasteiger partial charge in [0.25, 0.3) is 5.91 Å². The Balaban J connectivity index is 1.58. The molecule has 0 aliphatic carbocycles. The summed E-state index contributed by atoms with van der Waals surface area (Å²) in [5, 5.41) is 1.87. The fourth-order valence-corrected chi connectivity index (χ4v) is 6.16. The fourth-order valence-electron chi connectivity index (χ4n) is 6.16. The first-order chi connectivity index (χ1) is 19.3. The molecule has 0 unspecified atom stereocenters. The molecule has 0 atom stereocenters. The second-order valence-electron chi connectivity index (χ2n) is 13.4. The summed E-state index contributed by atoms with van der Waals surface area (Å²) in [6.07, 6.45) is 5.66. The molecule has 7 nitrogen and oxygen atoms in total. The van der Waals surface area contributed by atoms with Gasteiger partial charge in [-0.1, -0.05) is 57.2 Å². The SMILES string of the molecule is CC(C)(C)CC(=O)n1cc(C2=C(c3cn4c5c(cccc35)CCC4)CN(C(=O)OC(C)(C)C)C2=O)c2ccccc21. The molecule has 41 heavy (non-hydrogen) atoms. The van der Waals surface area contributed by atoms with E-state index >= 15 is 0 Å². The molecule has 0 spiro atoms. The lowest BCUT2D eigenvalue weighted by Crippen LogP contribution is -2.38. The molecule has 6 rings (SSSR count). The van der Waals surface area contributed by atoms with Gasteiger partial charge in [-0.25, -0.2) is 9.69 Å². The lowest BCUT2D eigenvalue weighted by Gasteiger charge is -2.23. The summed E-state index contributed by atoms with van der Waals surface area (Å²) in [5.74, 6) is -0.448. The first-order valence-electron chi connectivity index (χ1n) is 14.4. The van der Waals surface area contributed by atoms with E-state index < -0.39 is 17.6 Å². The highest BCUT2D eigenvalue weighted by Crippen LogP contribution is 2.43. The Morgan fingerprint density at radius 1 is 0.902 bits per heavy atom. The topological polar surface area (TPSA) is 73.5 Å². The number of aryl methyl sites for hydroxylation is 2. The largest absolute Gasteiger partial charge is 0.443 e. The zero-order chi connectivity index (χ0) is 29.3. The number of carbonyl (C=O) groups excluding carboxylic acids is 3. The average molecular weight is 552 g/mol. The molecule has 2 aliphatic rings. The molecule has 212 valence electrons. The Kier molecular flexibility index (Phi) is 6.25. The minimum absolute atomic E-state index is 0.0383. The number of para-hydroxylation sites is 2. The number of hydrogen-bond donors (Lipinski definition) is 0. The van der Waals surface area contributed by atoms with Crippen molar-refractivity contribution in [2.24, 2.45) is 5.41 Å². The van der Waals surface area contributed by atoms with Crippen LogP contribution in [0.15, 0.2) is 54.9 Å². The zero-order valence-corrected chi connectivity index (χ0v) is 24.7. The minimum atomic E-state index is -0.751. The predicted octanol–water partition coefficient (Wildman–Crippen LogP) is 7.31. The smallest absolute Gasteiger partial charge is 0.417 e. The van der Waals surface area contributed by atoms with Crippen molar-refractivity contribution in [1.82, 2.24) is 14.0 Å². The molecule has 2 amide bonds. The van der Waals surface area contributed by atoms with Gasteiger partial charge in [0.2, 0.25) is 5.91 Å². The third kappa shape index (κ3) is 4.77. The van der Waals surface area contributed by atoms with Crippen LogP contribution in [-0.2, 0) is 22.5 Å². The van der Waals surface area contributed by atoms with Crippen molar-refractivity contribution < 1.29 is 19.1 Å². The maximum absolute atomic E-state index is 14.2. The summed E-state index contributed by atoms with van der Waals surface area (Å²) in [5.41, 5.74) is 5.08. The fraction of sp³-hybridized carbons (Fsp3) is 0.382.